The standard InChI is InChI=1S/C19H22FN5O2/c1-19(3-4-19)27-16-6-12(14(21)7-13(16)20)18(22)15-8-17(24-10-23-15)25-5-2-11(26)9-25/h6-8,10-11,22,26H,2-5,9,21H2,1H3. The summed E-state index contributed by atoms with van der Waals surface area (Å²) < 4.78 is 20.0. The zero-order valence-corrected chi connectivity index (χ0v) is 15.1. The molecule has 0 radical (unpaired) electrons. The smallest absolute Gasteiger partial charge is 0.167 e. The number of ether oxygens (including phenoxy) is 1. The van der Waals surface area contributed by atoms with Crippen LogP contribution in [0.3, 0.4) is 0 Å². The maximum absolute atomic E-state index is 14.2. The SMILES string of the molecule is CC1(Oc2cc(C(=N)c3cc(N4CCC(O)C4)ncn3)c(N)cc2F)CC1. The fourth-order valence-electron chi connectivity index (χ4n) is 3.15. The number of hydrogen-bond acceptors (Lipinski definition) is 7. The molecule has 1 saturated carbocycles. The number of aliphatic hydroxyl groups is 1. The molecule has 1 aliphatic heterocycles. The summed E-state index contributed by atoms with van der Waals surface area (Å²) in [7, 11) is 0. The lowest BCUT2D eigenvalue weighted by Gasteiger charge is -2.18. The molecule has 4 rings (SSSR count). The first-order chi connectivity index (χ1) is 12.8. The van der Waals surface area contributed by atoms with Gasteiger partial charge < -0.3 is 20.5 Å². The Hall–Kier alpha value is -2.74. The van der Waals surface area contributed by atoms with Crippen LogP contribution >= 0.6 is 0 Å². The maximum Gasteiger partial charge on any atom is 0.167 e. The lowest BCUT2D eigenvalue weighted by molar-refractivity contribution is 0.191. The summed E-state index contributed by atoms with van der Waals surface area (Å²) in [6.07, 6.45) is 3.44. The Morgan fingerprint density at radius 3 is 2.81 bits per heavy atom. The first-order valence-corrected chi connectivity index (χ1v) is 8.97. The van der Waals surface area contributed by atoms with Crippen molar-refractivity contribution in [2.45, 2.75) is 37.9 Å². The number of β-amino-alcohol motifs (C(OH)–C–C–N with tert-alkyl or cyclic N) is 1. The van der Waals surface area contributed by atoms with Gasteiger partial charge in [-0.25, -0.2) is 14.4 Å². The summed E-state index contributed by atoms with van der Waals surface area (Å²) in [5.74, 6) is 0.205. The zero-order chi connectivity index (χ0) is 19.2. The van der Waals surface area contributed by atoms with Gasteiger partial charge in [-0.05, 0) is 32.3 Å². The summed E-state index contributed by atoms with van der Waals surface area (Å²) in [5.41, 5.74) is 6.59. The van der Waals surface area contributed by atoms with Crippen LogP contribution in [0.4, 0.5) is 15.9 Å². The van der Waals surface area contributed by atoms with Gasteiger partial charge in [0.2, 0.25) is 0 Å². The predicted molar refractivity (Wildman–Crippen MR) is 99.9 cm³/mol. The van der Waals surface area contributed by atoms with Gasteiger partial charge in [-0.1, -0.05) is 0 Å². The molecular formula is C19H22FN5O2. The van der Waals surface area contributed by atoms with E-state index in [2.05, 4.69) is 9.97 Å². The van der Waals surface area contributed by atoms with E-state index < -0.39 is 5.82 Å². The Labute approximate surface area is 156 Å². The molecule has 1 aromatic carbocycles. The molecule has 2 fully saturated rings. The molecule has 0 bridgehead atoms. The van der Waals surface area contributed by atoms with Crippen molar-refractivity contribution in [3.63, 3.8) is 0 Å². The molecular weight excluding hydrogens is 349 g/mol. The normalized spacial score (nSPS) is 20.6. The Bertz CT molecular complexity index is 900. The van der Waals surface area contributed by atoms with Crippen LogP contribution in [0.5, 0.6) is 5.75 Å². The Morgan fingerprint density at radius 2 is 2.15 bits per heavy atom. The number of anilines is 2. The van der Waals surface area contributed by atoms with E-state index >= 15 is 0 Å². The topological polar surface area (TPSA) is 108 Å². The minimum Gasteiger partial charge on any atom is -0.484 e. The lowest BCUT2D eigenvalue weighted by atomic mass is 10.0. The predicted octanol–water partition coefficient (Wildman–Crippen LogP) is 2.12. The average molecular weight is 371 g/mol. The highest BCUT2D eigenvalue weighted by Crippen LogP contribution is 2.41. The van der Waals surface area contributed by atoms with Gasteiger partial charge in [-0.2, -0.15) is 0 Å². The van der Waals surface area contributed by atoms with E-state index in [4.69, 9.17) is 15.9 Å². The molecule has 2 heterocycles. The quantitative estimate of drug-likeness (QED) is 0.549. The van der Waals surface area contributed by atoms with Crippen molar-refractivity contribution in [1.82, 2.24) is 9.97 Å². The monoisotopic (exact) mass is 371 g/mol. The van der Waals surface area contributed by atoms with Crippen LogP contribution in [0.25, 0.3) is 0 Å². The average Bonchev–Trinajstić information content (AvgIpc) is 3.20. The molecule has 0 spiro atoms. The minimum absolute atomic E-state index is 0.0710. The van der Waals surface area contributed by atoms with Crippen molar-refractivity contribution < 1.29 is 14.2 Å². The van der Waals surface area contributed by atoms with E-state index in [0.29, 0.717) is 36.6 Å². The second-order valence-corrected chi connectivity index (χ2v) is 7.45. The second kappa shape index (κ2) is 6.45. The molecule has 1 atom stereocenters. The van der Waals surface area contributed by atoms with Crippen molar-refractivity contribution in [3.8, 4) is 5.75 Å². The van der Waals surface area contributed by atoms with Crippen LogP contribution in [-0.2, 0) is 0 Å². The van der Waals surface area contributed by atoms with Crippen LogP contribution in [-0.4, -0.2) is 45.6 Å². The number of nitrogens with two attached hydrogens (primary N) is 1. The summed E-state index contributed by atoms with van der Waals surface area (Å²) in [4.78, 5) is 10.3. The molecule has 1 saturated heterocycles. The van der Waals surface area contributed by atoms with Crippen molar-refractivity contribution in [1.29, 1.82) is 5.41 Å². The van der Waals surface area contributed by atoms with Crippen LogP contribution in [0.15, 0.2) is 24.5 Å². The third-order valence-electron chi connectivity index (χ3n) is 5.08. The highest BCUT2D eigenvalue weighted by atomic mass is 19.1. The van der Waals surface area contributed by atoms with Crippen molar-refractivity contribution >= 4 is 17.2 Å². The summed E-state index contributed by atoms with van der Waals surface area (Å²) in [6.45, 7) is 3.12. The molecule has 8 heteroatoms. The molecule has 1 unspecified atom stereocenters. The maximum atomic E-state index is 14.2. The highest BCUT2D eigenvalue weighted by molar-refractivity contribution is 6.13. The number of benzene rings is 1. The Kier molecular flexibility index (Phi) is 4.22. The van der Waals surface area contributed by atoms with Crippen molar-refractivity contribution in [3.05, 3.63) is 41.6 Å². The number of rotatable bonds is 5. The largest absolute Gasteiger partial charge is 0.484 e. The van der Waals surface area contributed by atoms with Crippen molar-refractivity contribution in [2.75, 3.05) is 23.7 Å². The van der Waals surface area contributed by atoms with Gasteiger partial charge in [0, 0.05) is 36.5 Å². The van der Waals surface area contributed by atoms with Gasteiger partial charge in [-0.15, -0.1) is 0 Å². The van der Waals surface area contributed by atoms with E-state index in [0.717, 1.165) is 12.8 Å². The molecule has 142 valence electrons. The molecule has 4 N–H and O–H groups in total. The van der Waals surface area contributed by atoms with Gasteiger partial charge in [0.15, 0.2) is 11.6 Å². The van der Waals surface area contributed by atoms with Gasteiger partial charge in [0.1, 0.15) is 17.7 Å². The van der Waals surface area contributed by atoms with Crippen molar-refractivity contribution in [2.24, 2.45) is 0 Å². The molecule has 0 amide bonds. The molecule has 2 aliphatic rings. The number of halogens is 1. The van der Waals surface area contributed by atoms with E-state index in [9.17, 15) is 9.50 Å². The molecule has 7 nitrogen and oxygen atoms in total. The highest BCUT2D eigenvalue weighted by Gasteiger charge is 2.40. The molecule has 1 aromatic heterocycles. The number of nitrogens with one attached hydrogen (secondary N) is 1. The van der Waals surface area contributed by atoms with E-state index in [1.807, 2.05) is 11.8 Å². The van der Waals surface area contributed by atoms with Crippen LogP contribution in [0.2, 0.25) is 0 Å². The van der Waals surface area contributed by atoms with Gasteiger partial charge in [0.05, 0.1) is 17.5 Å². The first kappa shape index (κ1) is 17.7. The first-order valence-electron chi connectivity index (χ1n) is 8.97. The Morgan fingerprint density at radius 1 is 1.37 bits per heavy atom. The number of nitrogens with zero attached hydrogens (tertiary/aromatic N) is 3. The van der Waals surface area contributed by atoms with Gasteiger partial charge in [-0.3, -0.25) is 5.41 Å². The molecule has 1 aliphatic carbocycles. The Balaban J connectivity index is 1.63. The number of aromatic nitrogens is 2. The molecule has 2 aromatic rings. The summed E-state index contributed by atoms with van der Waals surface area (Å²) in [6, 6.07) is 4.34. The number of hydrogen-bond donors (Lipinski definition) is 3. The lowest BCUT2D eigenvalue weighted by Crippen LogP contribution is -2.23. The second-order valence-electron chi connectivity index (χ2n) is 7.45. The number of aliphatic hydroxyl groups excluding tert-OH is 1. The zero-order valence-electron chi connectivity index (χ0n) is 15.1. The fraction of sp³-hybridized carbons (Fsp3) is 0.421. The van der Waals surface area contributed by atoms with Gasteiger partial charge in [0.25, 0.3) is 0 Å². The van der Waals surface area contributed by atoms with E-state index in [1.54, 1.807) is 6.07 Å². The third-order valence-corrected chi connectivity index (χ3v) is 5.08. The summed E-state index contributed by atoms with van der Waals surface area (Å²) >= 11 is 0. The summed E-state index contributed by atoms with van der Waals surface area (Å²) in [5, 5.41) is 18.2. The fourth-order valence-corrected chi connectivity index (χ4v) is 3.15. The van der Waals surface area contributed by atoms with Crippen LogP contribution < -0.4 is 15.4 Å². The third kappa shape index (κ3) is 3.57. The van der Waals surface area contributed by atoms with Crippen LogP contribution in [0, 0.1) is 11.2 Å². The minimum atomic E-state index is -0.536. The van der Waals surface area contributed by atoms with Crippen LogP contribution in [0.1, 0.15) is 37.4 Å². The van der Waals surface area contributed by atoms with Gasteiger partial charge >= 0.3 is 0 Å². The van der Waals surface area contributed by atoms with E-state index in [-0.39, 0.29) is 28.9 Å². The molecule has 27 heavy (non-hydrogen) atoms. The number of nitrogen functional groups attached to an aromatic ring is 1. The van der Waals surface area contributed by atoms with E-state index in [1.165, 1.54) is 18.5 Å².